The Morgan fingerprint density at radius 2 is 1.92 bits per heavy atom. The first-order chi connectivity index (χ1) is 12.6. The Morgan fingerprint density at radius 1 is 1.12 bits per heavy atom. The Labute approximate surface area is 152 Å². The number of fused-ring (bicyclic) bond motifs is 2. The zero-order valence-electron chi connectivity index (χ0n) is 14.6. The van der Waals surface area contributed by atoms with E-state index in [4.69, 9.17) is 14.6 Å². The van der Waals surface area contributed by atoms with Crippen LogP contribution in [0.4, 0.5) is 5.69 Å². The molecule has 1 aliphatic heterocycles. The average molecular weight is 355 g/mol. The summed E-state index contributed by atoms with van der Waals surface area (Å²) in [5, 5.41) is 8.74. The van der Waals surface area contributed by atoms with Crippen molar-refractivity contribution < 1.29 is 24.2 Å². The second-order valence-electron chi connectivity index (χ2n) is 6.09. The van der Waals surface area contributed by atoms with Crippen molar-refractivity contribution >= 4 is 17.6 Å². The number of carboxylic acids is 1. The van der Waals surface area contributed by atoms with E-state index in [1.165, 1.54) is 0 Å². The van der Waals surface area contributed by atoms with Crippen molar-refractivity contribution in [1.82, 2.24) is 0 Å². The van der Waals surface area contributed by atoms with E-state index in [1.54, 1.807) is 42.3 Å². The summed E-state index contributed by atoms with van der Waals surface area (Å²) >= 11 is 0. The highest BCUT2D eigenvalue weighted by Crippen LogP contribution is 2.40. The van der Waals surface area contributed by atoms with Crippen LogP contribution in [0.1, 0.15) is 36.0 Å². The molecule has 1 N–H and O–H groups in total. The third kappa shape index (κ3) is 3.79. The normalized spacial score (nSPS) is 12.7. The van der Waals surface area contributed by atoms with Crippen molar-refractivity contribution in [3.63, 3.8) is 0 Å². The number of aliphatic carboxylic acids is 1. The molecule has 0 aliphatic carbocycles. The van der Waals surface area contributed by atoms with E-state index in [9.17, 15) is 9.59 Å². The van der Waals surface area contributed by atoms with E-state index < -0.39 is 5.97 Å². The summed E-state index contributed by atoms with van der Waals surface area (Å²) in [7, 11) is 1.58. The number of hydrogen-bond donors (Lipinski definition) is 1. The van der Waals surface area contributed by atoms with Crippen molar-refractivity contribution in [1.29, 1.82) is 0 Å². The number of carbonyl (C=O) groups is 2. The summed E-state index contributed by atoms with van der Waals surface area (Å²) in [6.07, 6.45) is 2.18. The minimum atomic E-state index is -0.798. The highest BCUT2D eigenvalue weighted by Gasteiger charge is 2.28. The van der Waals surface area contributed by atoms with Crippen LogP contribution < -0.4 is 14.4 Å². The molecule has 0 atom stereocenters. The van der Waals surface area contributed by atoms with Crippen LogP contribution in [0.2, 0.25) is 0 Å². The Hall–Kier alpha value is -3.02. The van der Waals surface area contributed by atoms with Crippen LogP contribution in [-0.4, -0.2) is 30.6 Å². The van der Waals surface area contributed by atoms with Crippen LogP contribution >= 0.6 is 0 Å². The van der Waals surface area contributed by atoms with Gasteiger partial charge in [0.1, 0.15) is 11.5 Å². The molecular weight excluding hydrogens is 334 g/mol. The van der Waals surface area contributed by atoms with E-state index in [0.717, 1.165) is 6.42 Å². The van der Waals surface area contributed by atoms with Gasteiger partial charge in [0.05, 0.1) is 18.4 Å². The molecule has 3 rings (SSSR count). The Balaban J connectivity index is 1.87. The summed E-state index contributed by atoms with van der Waals surface area (Å²) in [6, 6.07) is 12.5. The SMILES string of the molecule is COc1ccc2c(c1)N(CCCCCC(=O)O)C(=O)c1ccccc1O2. The first-order valence-corrected chi connectivity index (χ1v) is 8.58. The number of anilines is 1. The lowest BCUT2D eigenvalue weighted by atomic mass is 10.1. The summed E-state index contributed by atoms with van der Waals surface area (Å²) in [4.78, 5) is 25.4. The molecular formula is C20H21NO5. The van der Waals surface area contributed by atoms with Gasteiger partial charge in [-0.2, -0.15) is 0 Å². The fraction of sp³-hybridized carbons (Fsp3) is 0.300. The van der Waals surface area contributed by atoms with Crippen molar-refractivity contribution in [2.24, 2.45) is 0 Å². The number of carbonyl (C=O) groups excluding carboxylic acids is 1. The number of nitrogens with zero attached hydrogens (tertiary/aromatic N) is 1. The van der Waals surface area contributed by atoms with E-state index >= 15 is 0 Å². The van der Waals surface area contributed by atoms with Gasteiger partial charge in [-0.15, -0.1) is 0 Å². The number of ether oxygens (including phenoxy) is 2. The third-order valence-electron chi connectivity index (χ3n) is 4.31. The summed E-state index contributed by atoms with van der Waals surface area (Å²) in [5.41, 5.74) is 1.16. The molecule has 1 heterocycles. The van der Waals surface area contributed by atoms with Crippen molar-refractivity contribution in [3.8, 4) is 17.2 Å². The number of amides is 1. The van der Waals surface area contributed by atoms with Gasteiger partial charge in [-0.25, -0.2) is 0 Å². The molecule has 0 radical (unpaired) electrons. The second kappa shape index (κ2) is 7.91. The fourth-order valence-corrected chi connectivity index (χ4v) is 2.97. The molecule has 0 fully saturated rings. The molecule has 2 aromatic carbocycles. The first-order valence-electron chi connectivity index (χ1n) is 8.58. The molecule has 0 saturated carbocycles. The van der Waals surface area contributed by atoms with Crippen molar-refractivity contribution in [3.05, 3.63) is 48.0 Å². The van der Waals surface area contributed by atoms with Crippen LogP contribution in [0, 0.1) is 0 Å². The number of rotatable bonds is 7. The maximum Gasteiger partial charge on any atom is 0.303 e. The number of methoxy groups -OCH3 is 1. The van der Waals surface area contributed by atoms with Crippen molar-refractivity contribution in [2.75, 3.05) is 18.6 Å². The Kier molecular flexibility index (Phi) is 5.41. The number of benzene rings is 2. The van der Waals surface area contributed by atoms with Crippen molar-refractivity contribution in [2.45, 2.75) is 25.7 Å². The van der Waals surface area contributed by atoms with E-state index in [1.807, 2.05) is 12.1 Å². The van der Waals surface area contributed by atoms with Gasteiger partial charge in [0.2, 0.25) is 0 Å². The van der Waals surface area contributed by atoms with Gasteiger partial charge in [0.15, 0.2) is 5.75 Å². The van der Waals surface area contributed by atoms with Gasteiger partial charge in [-0.3, -0.25) is 9.59 Å². The smallest absolute Gasteiger partial charge is 0.303 e. The molecule has 2 aromatic rings. The molecule has 0 aromatic heterocycles. The summed E-state index contributed by atoms with van der Waals surface area (Å²) in [5.74, 6) is 0.827. The van der Waals surface area contributed by atoms with Crippen LogP contribution in [0.3, 0.4) is 0 Å². The molecule has 1 aliphatic rings. The maximum absolute atomic E-state index is 13.1. The molecule has 6 nitrogen and oxygen atoms in total. The van der Waals surface area contributed by atoms with E-state index in [-0.39, 0.29) is 12.3 Å². The van der Waals surface area contributed by atoms with E-state index in [2.05, 4.69) is 0 Å². The third-order valence-corrected chi connectivity index (χ3v) is 4.31. The zero-order chi connectivity index (χ0) is 18.5. The Morgan fingerprint density at radius 3 is 2.69 bits per heavy atom. The molecule has 0 spiro atoms. The highest BCUT2D eigenvalue weighted by atomic mass is 16.5. The number of unbranched alkanes of at least 4 members (excludes halogenated alkanes) is 2. The number of hydrogen-bond acceptors (Lipinski definition) is 4. The topological polar surface area (TPSA) is 76.1 Å². The largest absolute Gasteiger partial charge is 0.497 e. The van der Waals surface area contributed by atoms with Crippen LogP contribution in [0.25, 0.3) is 0 Å². The highest BCUT2D eigenvalue weighted by molar-refractivity contribution is 6.09. The molecule has 6 heteroatoms. The molecule has 0 unspecified atom stereocenters. The van der Waals surface area contributed by atoms with Gasteiger partial charge in [-0.05, 0) is 37.1 Å². The van der Waals surface area contributed by atoms with Gasteiger partial charge >= 0.3 is 5.97 Å². The lowest BCUT2D eigenvalue weighted by Gasteiger charge is -2.22. The minimum Gasteiger partial charge on any atom is -0.497 e. The molecule has 136 valence electrons. The molecule has 0 saturated heterocycles. The van der Waals surface area contributed by atoms with Gasteiger partial charge < -0.3 is 19.5 Å². The van der Waals surface area contributed by atoms with Crippen LogP contribution in [0.5, 0.6) is 17.2 Å². The van der Waals surface area contributed by atoms with Gasteiger partial charge in [-0.1, -0.05) is 18.6 Å². The molecule has 26 heavy (non-hydrogen) atoms. The number of para-hydroxylation sites is 1. The minimum absolute atomic E-state index is 0.133. The number of carboxylic acid groups (broad SMARTS) is 1. The standard InChI is InChI=1S/C20H21NO5/c1-25-14-10-11-18-16(13-14)21(12-6-2-3-9-19(22)23)20(24)15-7-4-5-8-17(15)26-18/h4-5,7-8,10-11,13H,2-3,6,9,12H2,1H3,(H,22,23). The molecule has 1 amide bonds. The van der Waals surface area contributed by atoms with Crippen LogP contribution in [0.15, 0.2) is 42.5 Å². The lowest BCUT2D eigenvalue weighted by Crippen LogP contribution is -2.31. The second-order valence-corrected chi connectivity index (χ2v) is 6.09. The van der Waals surface area contributed by atoms with Gasteiger partial charge in [0, 0.05) is 19.0 Å². The lowest BCUT2D eigenvalue weighted by molar-refractivity contribution is -0.137. The summed E-state index contributed by atoms with van der Waals surface area (Å²) < 4.78 is 11.3. The Bertz CT molecular complexity index is 818. The average Bonchev–Trinajstić information content (AvgIpc) is 2.75. The predicted molar refractivity (Wildman–Crippen MR) is 97.3 cm³/mol. The molecule has 0 bridgehead atoms. The summed E-state index contributed by atoms with van der Waals surface area (Å²) in [6.45, 7) is 0.482. The first kappa shape index (κ1) is 17.8. The zero-order valence-corrected chi connectivity index (χ0v) is 14.6. The monoisotopic (exact) mass is 355 g/mol. The quantitative estimate of drug-likeness (QED) is 0.757. The maximum atomic E-state index is 13.1. The predicted octanol–water partition coefficient (Wildman–Crippen LogP) is 4.09. The van der Waals surface area contributed by atoms with E-state index in [0.29, 0.717) is 47.9 Å². The van der Waals surface area contributed by atoms with Crippen LogP contribution in [-0.2, 0) is 4.79 Å². The van der Waals surface area contributed by atoms with Gasteiger partial charge in [0.25, 0.3) is 5.91 Å². The fourth-order valence-electron chi connectivity index (χ4n) is 2.97.